The number of rotatable bonds is 3. The molecule has 2 aromatic rings. The zero-order valence-corrected chi connectivity index (χ0v) is 13.9. The topological polar surface area (TPSA) is 102 Å². The Morgan fingerprint density at radius 1 is 1.14 bits per heavy atom. The molecule has 2 rings (SSSR count). The molecule has 1 aromatic heterocycles. The standard InChI is InChI=1S/C7H6O3.C6H7N2O2.Na/c8-6-4-2-1-3-5(6)7(9)10;1-9-5-3-6(10-2)8-4-7-5;/h1-4,8H,(H,9,10);3H,1-2H3;/q;-1;+1. The first-order valence-corrected chi connectivity index (χ1v) is 5.43. The van der Waals surface area contributed by atoms with E-state index in [2.05, 4.69) is 16.3 Å². The van der Waals surface area contributed by atoms with Crippen LogP contribution in [0.4, 0.5) is 0 Å². The van der Waals surface area contributed by atoms with E-state index in [-0.39, 0.29) is 40.9 Å². The van der Waals surface area contributed by atoms with E-state index >= 15 is 0 Å². The summed E-state index contributed by atoms with van der Waals surface area (Å²) in [4.78, 5) is 17.6. The first-order chi connectivity index (χ1) is 9.58. The molecule has 8 heteroatoms. The molecule has 0 saturated carbocycles. The summed E-state index contributed by atoms with van der Waals surface area (Å²) >= 11 is 0. The maximum Gasteiger partial charge on any atom is 1.00 e. The second-order valence-corrected chi connectivity index (χ2v) is 3.37. The zero-order valence-electron chi connectivity index (χ0n) is 11.9. The normalized spacial score (nSPS) is 8.67. The number of carboxylic acid groups (broad SMARTS) is 1. The third-order valence-corrected chi connectivity index (χ3v) is 2.12. The van der Waals surface area contributed by atoms with Crippen molar-refractivity contribution >= 4 is 5.97 Å². The minimum absolute atomic E-state index is 0. The second-order valence-electron chi connectivity index (χ2n) is 3.37. The summed E-state index contributed by atoms with van der Waals surface area (Å²) in [7, 11) is 3.05. The van der Waals surface area contributed by atoms with Gasteiger partial charge in [-0.3, -0.25) is 0 Å². The number of benzene rings is 1. The molecule has 0 aliphatic carbocycles. The molecule has 1 aromatic carbocycles. The molecule has 0 unspecified atom stereocenters. The van der Waals surface area contributed by atoms with Gasteiger partial charge in [-0.25, -0.2) is 4.79 Å². The number of aromatic nitrogens is 2. The fraction of sp³-hybridized carbons (Fsp3) is 0.154. The molecule has 0 saturated heterocycles. The number of phenols is 1. The van der Waals surface area contributed by atoms with E-state index in [4.69, 9.17) is 19.7 Å². The van der Waals surface area contributed by atoms with E-state index in [1.165, 1.54) is 26.4 Å². The number of hydrogen-bond donors (Lipinski definition) is 2. The van der Waals surface area contributed by atoms with Crippen molar-refractivity contribution in [1.29, 1.82) is 0 Å². The summed E-state index contributed by atoms with van der Waals surface area (Å²) in [6.07, 6.45) is 2.38. The quantitative estimate of drug-likeness (QED) is 0.519. The zero-order chi connectivity index (χ0) is 15.0. The molecule has 0 atom stereocenters. The Bertz CT molecular complexity index is 561. The van der Waals surface area contributed by atoms with Crippen LogP contribution in [0.15, 0.2) is 30.3 Å². The predicted molar refractivity (Wildman–Crippen MR) is 69.0 cm³/mol. The van der Waals surface area contributed by atoms with Gasteiger partial charge in [0.2, 0.25) is 0 Å². The third kappa shape index (κ3) is 6.44. The summed E-state index contributed by atoms with van der Waals surface area (Å²) in [6.45, 7) is 0. The largest absolute Gasteiger partial charge is 1.00 e. The van der Waals surface area contributed by atoms with E-state index in [0.717, 1.165) is 0 Å². The van der Waals surface area contributed by atoms with E-state index in [0.29, 0.717) is 11.8 Å². The van der Waals surface area contributed by atoms with Crippen LogP contribution in [0.2, 0.25) is 0 Å². The van der Waals surface area contributed by atoms with Crippen molar-refractivity contribution in [2.24, 2.45) is 0 Å². The minimum atomic E-state index is -1.11. The Balaban J connectivity index is 0.000000364. The Morgan fingerprint density at radius 2 is 1.67 bits per heavy atom. The maximum absolute atomic E-state index is 10.3. The van der Waals surface area contributed by atoms with Crippen molar-refractivity contribution < 1.29 is 54.0 Å². The van der Waals surface area contributed by atoms with Gasteiger partial charge in [0, 0.05) is 6.33 Å². The average Bonchev–Trinajstić information content (AvgIpc) is 2.48. The van der Waals surface area contributed by atoms with Gasteiger partial charge in [-0.05, 0) is 12.1 Å². The molecule has 0 spiro atoms. The molecule has 0 aliphatic heterocycles. The molecule has 7 nitrogen and oxygen atoms in total. The summed E-state index contributed by atoms with van der Waals surface area (Å²) in [5.74, 6) is -0.410. The first kappa shape index (κ1) is 19.2. The second kappa shape index (κ2) is 9.98. The molecule has 0 fully saturated rings. The van der Waals surface area contributed by atoms with Crippen molar-refractivity contribution in [3.8, 4) is 17.5 Å². The van der Waals surface area contributed by atoms with Crippen LogP contribution in [-0.4, -0.2) is 40.4 Å². The molecular weight excluding hydrogens is 287 g/mol. The van der Waals surface area contributed by atoms with Gasteiger partial charge in [0.1, 0.15) is 23.1 Å². The molecule has 21 heavy (non-hydrogen) atoms. The van der Waals surface area contributed by atoms with Crippen molar-refractivity contribution in [1.82, 2.24) is 9.97 Å². The molecule has 2 N–H and O–H groups in total. The molecule has 106 valence electrons. The number of aromatic hydroxyl groups is 1. The van der Waals surface area contributed by atoms with Gasteiger partial charge in [0.15, 0.2) is 0 Å². The van der Waals surface area contributed by atoms with Crippen molar-refractivity contribution in [2.75, 3.05) is 14.2 Å². The Labute approximate surface area is 143 Å². The van der Waals surface area contributed by atoms with Gasteiger partial charge in [0.25, 0.3) is 0 Å². The smallest absolute Gasteiger partial charge is 0.537 e. The van der Waals surface area contributed by atoms with Crippen molar-refractivity contribution in [3.05, 3.63) is 42.2 Å². The van der Waals surface area contributed by atoms with Gasteiger partial charge in [-0.2, -0.15) is 0 Å². The summed E-state index contributed by atoms with van der Waals surface area (Å²) < 4.78 is 9.59. The summed E-state index contributed by atoms with van der Waals surface area (Å²) in [5, 5.41) is 17.3. The average molecular weight is 300 g/mol. The molecule has 0 bridgehead atoms. The van der Waals surface area contributed by atoms with E-state index in [1.807, 2.05) is 0 Å². The molecule has 1 heterocycles. The summed E-state index contributed by atoms with van der Waals surface area (Å²) in [6, 6.07) is 7.39. The van der Waals surface area contributed by atoms with Gasteiger partial charge in [0.05, 0.1) is 14.2 Å². The van der Waals surface area contributed by atoms with E-state index in [1.54, 1.807) is 18.2 Å². The van der Waals surface area contributed by atoms with Crippen LogP contribution in [0, 0.1) is 6.33 Å². The number of ether oxygens (including phenoxy) is 2. The number of nitrogens with zero attached hydrogens (tertiary/aromatic N) is 2. The van der Waals surface area contributed by atoms with Crippen molar-refractivity contribution in [2.45, 2.75) is 0 Å². The monoisotopic (exact) mass is 300 g/mol. The fourth-order valence-electron chi connectivity index (χ4n) is 1.16. The van der Waals surface area contributed by atoms with E-state index < -0.39 is 5.97 Å². The fourth-order valence-corrected chi connectivity index (χ4v) is 1.16. The molecule has 0 aliphatic rings. The Kier molecular flexibility index (Phi) is 9.11. The van der Waals surface area contributed by atoms with Crippen LogP contribution in [-0.2, 0) is 0 Å². The van der Waals surface area contributed by atoms with Crippen LogP contribution in [0.25, 0.3) is 0 Å². The van der Waals surface area contributed by atoms with Gasteiger partial charge >= 0.3 is 35.5 Å². The minimum Gasteiger partial charge on any atom is -0.537 e. The molecule has 0 radical (unpaired) electrons. The number of carbonyl (C=O) groups is 1. The van der Waals surface area contributed by atoms with Crippen LogP contribution >= 0.6 is 0 Å². The summed E-state index contributed by atoms with van der Waals surface area (Å²) in [5.41, 5.74) is -0.0671. The van der Waals surface area contributed by atoms with Crippen LogP contribution in [0.3, 0.4) is 0 Å². The molecular formula is C13H13N2NaO5. The van der Waals surface area contributed by atoms with Gasteiger partial charge < -0.3 is 29.7 Å². The third-order valence-electron chi connectivity index (χ3n) is 2.12. The van der Waals surface area contributed by atoms with Gasteiger partial charge in [-0.1, -0.05) is 18.2 Å². The number of carboxylic acids is 1. The number of methoxy groups -OCH3 is 2. The van der Waals surface area contributed by atoms with E-state index in [9.17, 15) is 4.79 Å². The predicted octanol–water partition coefficient (Wildman–Crippen LogP) is -1.61. The Hall–Kier alpha value is -1.83. The van der Waals surface area contributed by atoms with Crippen LogP contribution in [0.1, 0.15) is 10.4 Å². The maximum atomic E-state index is 10.3. The number of aromatic carboxylic acids is 1. The van der Waals surface area contributed by atoms with Crippen LogP contribution < -0.4 is 39.0 Å². The number of para-hydroxylation sites is 1. The van der Waals surface area contributed by atoms with Crippen LogP contribution in [0.5, 0.6) is 17.5 Å². The SMILES string of the molecule is COc1cc(OC)n[c-]n1.O=C(O)c1ccccc1O.[Na+]. The van der Waals surface area contributed by atoms with Crippen molar-refractivity contribution in [3.63, 3.8) is 0 Å². The first-order valence-electron chi connectivity index (χ1n) is 5.43. The molecule has 0 amide bonds. The van der Waals surface area contributed by atoms with Gasteiger partial charge in [-0.15, -0.1) is 0 Å². The number of hydrogen-bond acceptors (Lipinski definition) is 6. The Morgan fingerprint density at radius 3 is 2.05 bits per heavy atom.